The second-order valence-corrected chi connectivity index (χ2v) is 7.83. The van der Waals surface area contributed by atoms with Crippen molar-refractivity contribution in [2.45, 2.75) is 43.9 Å². The lowest BCUT2D eigenvalue weighted by Crippen LogP contribution is -2.63. The Morgan fingerprint density at radius 2 is 2.25 bits per heavy atom. The molecule has 2 aliphatic rings. The number of amides is 2. The van der Waals surface area contributed by atoms with Crippen LogP contribution in [0, 0.1) is 5.92 Å². The second-order valence-electron chi connectivity index (χ2n) is 6.85. The maximum Gasteiger partial charge on any atom is 0.246 e. The third kappa shape index (κ3) is 3.48. The number of rotatable bonds is 5. The lowest BCUT2D eigenvalue weighted by Gasteiger charge is -2.48. The molecule has 0 radical (unpaired) electrons. The van der Waals surface area contributed by atoms with E-state index in [4.69, 9.17) is 4.74 Å². The number of nitrogens with one attached hydrogen (secondary N) is 1. The van der Waals surface area contributed by atoms with Gasteiger partial charge >= 0.3 is 0 Å². The molecule has 2 N–H and O–H groups in total. The van der Waals surface area contributed by atoms with Crippen molar-refractivity contribution in [1.29, 1.82) is 0 Å². The minimum atomic E-state index is -1.08. The number of methoxy groups -OCH3 is 1. The van der Waals surface area contributed by atoms with E-state index >= 15 is 0 Å². The minimum absolute atomic E-state index is 0.0691. The average molecular weight is 352 g/mol. The van der Waals surface area contributed by atoms with Gasteiger partial charge in [0.15, 0.2) is 0 Å². The second kappa shape index (κ2) is 6.82. The van der Waals surface area contributed by atoms with Crippen LogP contribution in [0.1, 0.15) is 37.1 Å². The zero-order chi connectivity index (χ0) is 17.3. The average Bonchev–Trinajstić information content (AvgIpc) is 3.24. The van der Waals surface area contributed by atoms with Crippen LogP contribution in [-0.4, -0.2) is 53.7 Å². The molecule has 0 bridgehead atoms. The van der Waals surface area contributed by atoms with Gasteiger partial charge in [-0.05, 0) is 37.6 Å². The highest BCUT2D eigenvalue weighted by Gasteiger charge is 2.50. The van der Waals surface area contributed by atoms with E-state index in [9.17, 15) is 14.7 Å². The monoisotopic (exact) mass is 352 g/mol. The van der Waals surface area contributed by atoms with Gasteiger partial charge in [-0.3, -0.25) is 9.59 Å². The van der Waals surface area contributed by atoms with E-state index in [1.165, 1.54) is 7.11 Å². The molecular formula is C17H24N2O4S. The van der Waals surface area contributed by atoms with Gasteiger partial charge in [-0.2, -0.15) is 0 Å². The quantitative estimate of drug-likeness (QED) is 0.838. The summed E-state index contributed by atoms with van der Waals surface area (Å²) in [5.74, 6) is -0.0502. The summed E-state index contributed by atoms with van der Waals surface area (Å²) < 4.78 is 4.89. The van der Waals surface area contributed by atoms with E-state index in [1.54, 1.807) is 18.3 Å². The largest absolute Gasteiger partial charge is 0.388 e. The highest BCUT2D eigenvalue weighted by atomic mass is 32.1. The molecule has 0 spiro atoms. The molecule has 6 nitrogen and oxygen atoms in total. The summed E-state index contributed by atoms with van der Waals surface area (Å²) in [7, 11) is 1.46. The summed E-state index contributed by atoms with van der Waals surface area (Å²) in [6.45, 7) is 2.16. The van der Waals surface area contributed by atoms with Crippen molar-refractivity contribution >= 4 is 23.2 Å². The van der Waals surface area contributed by atoms with Crippen LogP contribution < -0.4 is 5.32 Å². The number of piperidine rings is 1. The number of hydrogen-bond donors (Lipinski definition) is 2. The lowest BCUT2D eigenvalue weighted by molar-refractivity contribution is -0.147. The molecule has 1 aliphatic carbocycles. The Hall–Kier alpha value is -1.44. The van der Waals surface area contributed by atoms with Crippen molar-refractivity contribution in [3.05, 3.63) is 22.4 Å². The van der Waals surface area contributed by atoms with Crippen LogP contribution in [0.2, 0.25) is 0 Å². The molecule has 1 saturated heterocycles. The van der Waals surface area contributed by atoms with Crippen LogP contribution in [0.5, 0.6) is 0 Å². The molecule has 1 aromatic rings. The van der Waals surface area contributed by atoms with Crippen molar-refractivity contribution in [3.63, 3.8) is 0 Å². The first kappa shape index (κ1) is 17.4. The van der Waals surface area contributed by atoms with E-state index in [2.05, 4.69) is 5.32 Å². The maximum absolute atomic E-state index is 12.7. The predicted molar refractivity (Wildman–Crippen MR) is 90.5 cm³/mol. The SMILES string of the molecule is COCC(=O)NC1C(c2cccs2)N(C(=O)C2CC2)CCC1(C)O. The van der Waals surface area contributed by atoms with Crippen LogP contribution in [0.3, 0.4) is 0 Å². The van der Waals surface area contributed by atoms with Gasteiger partial charge in [0.1, 0.15) is 6.61 Å². The first-order chi connectivity index (χ1) is 11.4. The summed E-state index contributed by atoms with van der Waals surface area (Å²) in [6.07, 6.45) is 2.30. The van der Waals surface area contributed by atoms with E-state index in [0.29, 0.717) is 13.0 Å². The third-order valence-corrected chi connectivity index (χ3v) is 5.76. The molecule has 132 valence electrons. The fourth-order valence-electron chi connectivity index (χ4n) is 3.33. The molecule has 2 amide bonds. The van der Waals surface area contributed by atoms with Crippen LogP contribution in [0.4, 0.5) is 0 Å². The van der Waals surface area contributed by atoms with Crippen molar-refractivity contribution < 1.29 is 19.4 Å². The maximum atomic E-state index is 12.7. The highest BCUT2D eigenvalue weighted by Crippen LogP contribution is 2.42. The van der Waals surface area contributed by atoms with Crippen molar-refractivity contribution in [3.8, 4) is 0 Å². The molecule has 0 aromatic carbocycles. The number of ether oxygens (including phenoxy) is 1. The molecular weight excluding hydrogens is 328 g/mol. The van der Waals surface area contributed by atoms with Gasteiger partial charge in [-0.1, -0.05) is 6.07 Å². The van der Waals surface area contributed by atoms with Crippen LogP contribution >= 0.6 is 11.3 Å². The van der Waals surface area contributed by atoms with Crippen molar-refractivity contribution in [2.24, 2.45) is 5.92 Å². The molecule has 1 saturated carbocycles. The summed E-state index contributed by atoms with van der Waals surface area (Å²) in [5.41, 5.74) is -1.08. The number of carbonyl (C=O) groups excluding carboxylic acids is 2. The Balaban J connectivity index is 1.92. The number of hydrogen-bond acceptors (Lipinski definition) is 5. The summed E-state index contributed by atoms with van der Waals surface area (Å²) in [6, 6.07) is 2.98. The zero-order valence-electron chi connectivity index (χ0n) is 14.0. The number of thiophene rings is 1. The normalized spacial score (nSPS) is 30.2. The van der Waals surface area contributed by atoms with Gasteiger partial charge in [-0.15, -0.1) is 11.3 Å². The molecule has 24 heavy (non-hydrogen) atoms. The van der Waals surface area contributed by atoms with Gasteiger partial charge in [0.05, 0.1) is 17.7 Å². The topological polar surface area (TPSA) is 78.9 Å². The van der Waals surface area contributed by atoms with Crippen molar-refractivity contribution in [2.75, 3.05) is 20.3 Å². The summed E-state index contributed by atoms with van der Waals surface area (Å²) in [4.78, 5) is 27.7. The Morgan fingerprint density at radius 1 is 1.50 bits per heavy atom. The highest BCUT2D eigenvalue weighted by molar-refractivity contribution is 7.10. The van der Waals surface area contributed by atoms with Crippen molar-refractivity contribution in [1.82, 2.24) is 10.2 Å². The molecule has 2 heterocycles. The predicted octanol–water partition coefficient (Wildman–Crippen LogP) is 1.31. The van der Waals surface area contributed by atoms with E-state index in [0.717, 1.165) is 17.7 Å². The smallest absolute Gasteiger partial charge is 0.246 e. The van der Waals surface area contributed by atoms with Gasteiger partial charge in [0, 0.05) is 24.4 Å². The lowest BCUT2D eigenvalue weighted by atomic mass is 9.81. The van der Waals surface area contributed by atoms with Crippen LogP contribution in [0.15, 0.2) is 17.5 Å². The Kier molecular flexibility index (Phi) is 4.94. The van der Waals surface area contributed by atoms with E-state index in [1.807, 2.05) is 22.4 Å². The first-order valence-electron chi connectivity index (χ1n) is 8.28. The number of nitrogens with zero attached hydrogens (tertiary/aromatic N) is 1. The Morgan fingerprint density at radius 3 is 2.83 bits per heavy atom. The zero-order valence-corrected chi connectivity index (χ0v) is 14.8. The third-order valence-electron chi connectivity index (χ3n) is 4.82. The molecule has 1 aromatic heterocycles. The van der Waals surface area contributed by atoms with Crippen LogP contribution in [-0.2, 0) is 14.3 Å². The molecule has 3 atom stereocenters. The van der Waals surface area contributed by atoms with Crippen LogP contribution in [0.25, 0.3) is 0 Å². The fourth-order valence-corrected chi connectivity index (χ4v) is 4.21. The van der Waals surface area contributed by atoms with Gasteiger partial charge in [0.2, 0.25) is 11.8 Å². The standard InChI is InChI=1S/C17H24N2O4S/c1-17(22)7-8-19(16(21)11-5-6-11)14(12-4-3-9-24-12)15(17)18-13(20)10-23-2/h3-4,9,11,14-15,22H,5-8,10H2,1-2H3,(H,18,20). The molecule has 3 unspecified atom stereocenters. The Bertz CT molecular complexity index is 598. The molecule has 1 aliphatic heterocycles. The van der Waals surface area contributed by atoms with Gasteiger partial charge in [-0.25, -0.2) is 0 Å². The fraction of sp³-hybridized carbons (Fsp3) is 0.647. The molecule has 3 rings (SSSR count). The number of likely N-dealkylation sites (tertiary alicyclic amines) is 1. The first-order valence-corrected chi connectivity index (χ1v) is 9.16. The van der Waals surface area contributed by atoms with Gasteiger partial charge in [0.25, 0.3) is 0 Å². The number of aliphatic hydroxyl groups is 1. The molecule has 2 fully saturated rings. The molecule has 7 heteroatoms. The number of carbonyl (C=O) groups is 2. The summed E-state index contributed by atoms with van der Waals surface area (Å²) in [5, 5.41) is 15.7. The summed E-state index contributed by atoms with van der Waals surface area (Å²) >= 11 is 1.54. The van der Waals surface area contributed by atoms with Gasteiger partial charge < -0.3 is 20.1 Å². The minimum Gasteiger partial charge on any atom is -0.388 e. The van der Waals surface area contributed by atoms with E-state index in [-0.39, 0.29) is 30.4 Å². The Labute approximate surface area is 145 Å². The van der Waals surface area contributed by atoms with E-state index < -0.39 is 11.6 Å².